The van der Waals surface area contributed by atoms with Crippen LogP contribution in [-0.2, 0) is 16.6 Å². The molecule has 1 amide bonds. The zero-order valence-electron chi connectivity index (χ0n) is 15.9. The molecule has 0 aliphatic carbocycles. The summed E-state index contributed by atoms with van der Waals surface area (Å²) in [7, 11) is -2.25. The molecule has 0 radical (unpaired) electrons. The van der Waals surface area contributed by atoms with Crippen molar-refractivity contribution in [1.82, 2.24) is 9.71 Å². The Balaban J connectivity index is 1.66. The van der Waals surface area contributed by atoms with E-state index in [-0.39, 0.29) is 22.8 Å². The molecule has 7 nitrogen and oxygen atoms in total. The Bertz CT molecular complexity index is 1210. The van der Waals surface area contributed by atoms with E-state index in [9.17, 15) is 13.2 Å². The van der Waals surface area contributed by atoms with Crippen molar-refractivity contribution in [2.75, 3.05) is 11.9 Å². The number of aromatic nitrogens is 1. The Morgan fingerprint density at radius 1 is 1.07 bits per heavy atom. The molecule has 0 fully saturated rings. The average Bonchev–Trinajstić information content (AvgIpc) is 2.82. The molecule has 0 bridgehead atoms. The van der Waals surface area contributed by atoms with Crippen LogP contribution in [0.4, 0.5) is 5.82 Å². The van der Waals surface area contributed by atoms with E-state index in [2.05, 4.69) is 9.71 Å². The number of hydrogen-bond donors (Lipinski definition) is 1. The zero-order valence-corrected chi connectivity index (χ0v) is 16.7. The van der Waals surface area contributed by atoms with Gasteiger partial charge in [0, 0.05) is 19.8 Å². The lowest BCUT2D eigenvalue weighted by atomic mass is 10.1. The van der Waals surface area contributed by atoms with Crippen molar-refractivity contribution in [3.8, 4) is 11.5 Å². The van der Waals surface area contributed by atoms with E-state index < -0.39 is 15.9 Å². The fourth-order valence-electron chi connectivity index (χ4n) is 3.11. The Hall–Kier alpha value is -3.23. The maximum atomic E-state index is 12.9. The largest absolute Gasteiger partial charge is 0.453 e. The van der Waals surface area contributed by atoms with Gasteiger partial charge in [0.15, 0.2) is 11.6 Å². The van der Waals surface area contributed by atoms with Crippen LogP contribution in [0.3, 0.4) is 0 Å². The monoisotopic (exact) mass is 409 g/mol. The van der Waals surface area contributed by atoms with Crippen molar-refractivity contribution in [2.24, 2.45) is 0 Å². The van der Waals surface area contributed by atoms with Crippen molar-refractivity contribution < 1.29 is 17.9 Å². The van der Waals surface area contributed by atoms with Gasteiger partial charge in [-0.05, 0) is 48.4 Å². The number of sulfonamides is 1. The van der Waals surface area contributed by atoms with Crippen LogP contribution in [0, 0.1) is 6.92 Å². The highest BCUT2D eigenvalue weighted by Crippen LogP contribution is 2.37. The number of ether oxygens (including phenoxy) is 1. The van der Waals surface area contributed by atoms with E-state index in [0.717, 1.165) is 11.1 Å². The number of carbonyl (C=O) groups excluding carboxylic acids is 1. The lowest BCUT2D eigenvalue weighted by Crippen LogP contribution is -2.27. The van der Waals surface area contributed by atoms with Gasteiger partial charge in [-0.3, -0.25) is 9.69 Å². The van der Waals surface area contributed by atoms with Gasteiger partial charge < -0.3 is 4.74 Å². The van der Waals surface area contributed by atoms with E-state index in [1.807, 2.05) is 31.2 Å². The van der Waals surface area contributed by atoms with Crippen LogP contribution in [-0.4, -0.2) is 26.4 Å². The quantitative estimate of drug-likeness (QED) is 0.715. The first-order valence-electron chi connectivity index (χ1n) is 8.96. The van der Waals surface area contributed by atoms with Crippen LogP contribution in [0.5, 0.6) is 11.5 Å². The summed E-state index contributed by atoms with van der Waals surface area (Å²) < 4.78 is 34.0. The molecule has 0 saturated heterocycles. The second kappa shape index (κ2) is 7.31. The van der Waals surface area contributed by atoms with E-state index in [0.29, 0.717) is 11.6 Å². The molecule has 4 rings (SSSR count). The molecule has 0 unspecified atom stereocenters. The van der Waals surface area contributed by atoms with Gasteiger partial charge in [0.25, 0.3) is 5.91 Å². The average molecular weight is 409 g/mol. The lowest BCUT2D eigenvalue weighted by Gasteiger charge is -2.14. The highest BCUT2D eigenvalue weighted by Gasteiger charge is 2.28. The summed E-state index contributed by atoms with van der Waals surface area (Å²) in [5, 5.41) is 0. The lowest BCUT2D eigenvalue weighted by molar-refractivity contribution is 0.0992. The van der Waals surface area contributed by atoms with Gasteiger partial charge in [0.05, 0.1) is 10.5 Å². The summed E-state index contributed by atoms with van der Waals surface area (Å²) in [4.78, 5) is 18.4. The fraction of sp³-hybridized carbons (Fsp3) is 0.143. The predicted octanol–water partition coefficient (Wildman–Crippen LogP) is 3.25. The summed E-state index contributed by atoms with van der Waals surface area (Å²) in [6, 6.07) is 15.2. The molecule has 0 saturated carbocycles. The molecule has 1 aromatic heterocycles. The maximum Gasteiger partial charge on any atom is 0.263 e. The van der Waals surface area contributed by atoms with Crippen LogP contribution in [0.2, 0.25) is 0 Å². The van der Waals surface area contributed by atoms with Gasteiger partial charge in [-0.15, -0.1) is 0 Å². The third-order valence-corrected chi connectivity index (χ3v) is 6.20. The van der Waals surface area contributed by atoms with Crippen LogP contribution in [0.25, 0.3) is 0 Å². The smallest absolute Gasteiger partial charge is 0.263 e. The number of nitrogens with one attached hydrogen (secondary N) is 1. The molecule has 2 heterocycles. The summed E-state index contributed by atoms with van der Waals surface area (Å²) in [6.07, 6.45) is 1.56. The van der Waals surface area contributed by atoms with E-state index in [1.54, 1.807) is 25.4 Å². The van der Waals surface area contributed by atoms with E-state index in [4.69, 9.17) is 4.74 Å². The molecule has 29 heavy (non-hydrogen) atoms. The zero-order chi connectivity index (χ0) is 20.6. The number of pyridine rings is 1. The normalized spacial score (nSPS) is 13.3. The standard InChI is InChI=1S/C21H19N3O4S/c1-14-6-3-4-7-15(14)13-23-29(26,27)16-9-10-18-17(12-16)21(25)24(2)20-19(28-18)8-5-11-22-20/h3-12,23H,13H2,1-2H3. The summed E-state index contributed by atoms with van der Waals surface area (Å²) >= 11 is 0. The van der Waals surface area contributed by atoms with Gasteiger partial charge in [-0.25, -0.2) is 18.1 Å². The molecule has 1 aliphatic heterocycles. The highest BCUT2D eigenvalue weighted by molar-refractivity contribution is 7.89. The van der Waals surface area contributed by atoms with Crippen LogP contribution >= 0.6 is 0 Å². The maximum absolute atomic E-state index is 12.9. The second-order valence-electron chi connectivity index (χ2n) is 6.70. The third-order valence-electron chi connectivity index (χ3n) is 4.80. The molecule has 1 N–H and O–H groups in total. The third kappa shape index (κ3) is 3.59. The number of amides is 1. The number of fused-ring (bicyclic) bond motifs is 2. The van der Waals surface area contributed by atoms with Crippen LogP contribution < -0.4 is 14.4 Å². The van der Waals surface area contributed by atoms with Crippen molar-refractivity contribution >= 4 is 21.7 Å². The number of benzene rings is 2. The number of rotatable bonds is 4. The second-order valence-corrected chi connectivity index (χ2v) is 8.47. The number of aryl methyl sites for hydroxylation is 1. The summed E-state index contributed by atoms with van der Waals surface area (Å²) in [5.41, 5.74) is 2.03. The minimum absolute atomic E-state index is 0.00546. The molecule has 1 aliphatic rings. The topological polar surface area (TPSA) is 88.6 Å². The highest BCUT2D eigenvalue weighted by atomic mass is 32.2. The first kappa shape index (κ1) is 19.1. The Kier molecular flexibility index (Phi) is 4.81. The van der Waals surface area contributed by atoms with Gasteiger partial charge in [-0.2, -0.15) is 0 Å². The van der Waals surface area contributed by atoms with Crippen LogP contribution in [0.1, 0.15) is 21.5 Å². The van der Waals surface area contributed by atoms with Gasteiger partial charge in [0.2, 0.25) is 10.0 Å². The van der Waals surface area contributed by atoms with E-state index in [1.165, 1.54) is 23.1 Å². The predicted molar refractivity (Wildman–Crippen MR) is 109 cm³/mol. The summed E-state index contributed by atoms with van der Waals surface area (Å²) in [5.74, 6) is 0.686. The Morgan fingerprint density at radius 3 is 2.66 bits per heavy atom. The number of carbonyl (C=O) groups is 1. The van der Waals surface area contributed by atoms with Crippen molar-refractivity contribution in [3.63, 3.8) is 0 Å². The minimum atomic E-state index is -3.82. The fourth-order valence-corrected chi connectivity index (χ4v) is 4.14. The van der Waals surface area contributed by atoms with Gasteiger partial charge >= 0.3 is 0 Å². The first-order chi connectivity index (χ1) is 13.9. The van der Waals surface area contributed by atoms with Crippen molar-refractivity contribution in [1.29, 1.82) is 0 Å². The number of nitrogens with zero attached hydrogens (tertiary/aromatic N) is 2. The van der Waals surface area contributed by atoms with Crippen molar-refractivity contribution in [2.45, 2.75) is 18.4 Å². The molecule has 2 aromatic carbocycles. The molecule has 3 aromatic rings. The Morgan fingerprint density at radius 2 is 1.86 bits per heavy atom. The first-order valence-corrected chi connectivity index (χ1v) is 10.4. The molecule has 0 spiro atoms. The number of hydrogen-bond acceptors (Lipinski definition) is 5. The SMILES string of the molecule is Cc1ccccc1CNS(=O)(=O)c1ccc2c(c1)C(=O)N(C)c1ncccc1O2. The summed E-state index contributed by atoms with van der Waals surface area (Å²) in [6.45, 7) is 2.08. The van der Waals surface area contributed by atoms with Gasteiger partial charge in [0.1, 0.15) is 5.75 Å². The van der Waals surface area contributed by atoms with Crippen LogP contribution in [0.15, 0.2) is 65.7 Å². The molecule has 8 heteroatoms. The Labute approximate surface area is 169 Å². The van der Waals surface area contributed by atoms with Gasteiger partial charge in [-0.1, -0.05) is 24.3 Å². The minimum Gasteiger partial charge on any atom is -0.453 e. The molecule has 148 valence electrons. The van der Waals surface area contributed by atoms with Crippen molar-refractivity contribution in [3.05, 3.63) is 77.5 Å². The molecule has 0 atom stereocenters. The number of anilines is 1. The molecular formula is C21H19N3O4S. The molecular weight excluding hydrogens is 390 g/mol. The van der Waals surface area contributed by atoms with E-state index >= 15 is 0 Å².